The van der Waals surface area contributed by atoms with E-state index in [1.165, 1.54) is 12.1 Å². The van der Waals surface area contributed by atoms with E-state index in [9.17, 15) is 4.39 Å². The molecule has 6 nitrogen and oxygen atoms in total. The summed E-state index contributed by atoms with van der Waals surface area (Å²) in [5.41, 5.74) is 2.06. The third-order valence-electron chi connectivity index (χ3n) is 2.87. The molecule has 1 N–H and O–H groups in total. The first-order valence-corrected chi connectivity index (χ1v) is 6.59. The van der Waals surface area contributed by atoms with E-state index in [4.69, 9.17) is 9.47 Å². The van der Waals surface area contributed by atoms with Crippen molar-refractivity contribution >= 4 is 0 Å². The molecule has 0 amide bonds. The molecule has 0 spiro atoms. The van der Waals surface area contributed by atoms with Crippen molar-refractivity contribution in [1.82, 2.24) is 15.6 Å². The fourth-order valence-corrected chi connectivity index (χ4v) is 1.75. The highest BCUT2D eigenvalue weighted by Gasteiger charge is 2.07. The second-order valence-electron chi connectivity index (χ2n) is 4.55. The van der Waals surface area contributed by atoms with Gasteiger partial charge in [0, 0.05) is 26.3 Å². The summed E-state index contributed by atoms with van der Waals surface area (Å²) in [6.07, 6.45) is 0. The Bertz CT molecular complexity index is 574. The summed E-state index contributed by atoms with van der Waals surface area (Å²) < 4.78 is 28.6. The molecule has 0 aliphatic carbocycles. The quantitative estimate of drug-likeness (QED) is 0.749. The van der Waals surface area contributed by atoms with E-state index in [0.717, 1.165) is 5.56 Å². The summed E-state index contributed by atoms with van der Waals surface area (Å²) in [7, 11) is 1.64. The molecule has 2 aromatic rings. The predicted molar refractivity (Wildman–Crippen MR) is 73.3 cm³/mol. The molecule has 1 aromatic heterocycles. The zero-order valence-corrected chi connectivity index (χ0v) is 12.1. The van der Waals surface area contributed by atoms with E-state index in [-0.39, 0.29) is 12.4 Å². The predicted octanol–water partition coefficient (Wildman–Crippen LogP) is 1.83. The molecule has 0 saturated heterocycles. The molecule has 0 fully saturated rings. The number of nitrogens with zero attached hydrogens (tertiary/aromatic N) is 2. The number of nitrogens with one attached hydrogen (secondary N) is 1. The van der Waals surface area contributed by atoms with Gasteiger partial charge in [-0.1, -0.05) is 10.3 Å². The zero-order chi connectivity index (χ0) is 15.1. The number of benzene rings is 1. The van der Waals surface area contributed by atoms with E-state index in [1.54, 1.807) is 20.1 Å². The molecule has 0 aliphatic rings. The lowest BCUT2D eigenvalue weighted by molar-refractivity contribution is 0.199. The molecule has 0 bridgehead atoms. The average Bonchev–Trinajstić information content (AvgIpc) is 2.86. The summed E-state index contributed by atoms with van der Waals surface area (Å²) in [6.45, 7) is 3.81. The number of hydrogen-bond donors (Lipinski definition) is 1. The highest BCUT2D eigenvalue weighted by atomic mass is 19.1. The molecule has 0 radical (unpaired) electrons. The van der Waals surface area contributed by atoms with Gasteiger partial charge in [0.15, 0.2) is 0 Å². The molecule has 0 aliphatic heterocycles. The number of hydrogen-bond acceptors (Lipinski definition) is 6. The van der Waals surface area contributed by atoms with Gasteiger partial charge in [0.1, 0.15) is 29.6 Å². The number of aromatic nitrogens is 2. The van der Waals surface area contributed by atoms with Crippen LogP contribution in [0.15, 0.2) is 22.8 Å². The van der Waals surface area contributed by atoms with Crippen LogP contribution in [0.2, 0.25) is 0 Å². The molecule has 2 rings (SSSR count). The topological polar surface area (TPSA) is 69.4 Å². The number of rotatable bonds is 8. The highest BCUT2D eigenvalue weighted by molar-refractivity contribution is 5.29. The SMILES string of the molecule is COCCNCc1cc(F)cc(OCc2nonc2C)c1. The van der Waals surface area contributed by atoms with Gasteiger partial charge in [-0.05, 0) is 24.6 Å². The van der Waals surface area contributed by atoms with Crippen LogP contribution in [0, 0.1) is 12.7 Å². The lowest BCUT2D eigenvalue weighted by Gasteiger charge is -2.08. The monoisotopic (exact) mass is 295 g/mol. The van der Waals surface area contributed by atoms with Crippen LogP contribution in [0.5, 0.6) is 5.75 Å². The van der Waals surface area contributed by atoms with Gasteiger partial charge in [-0.3, -0.25) is 0 Å². The van der Waals surface area contributed by atoms with Crippen LogP contribution in [0.25, 0.3) is 0 Å². The molecule has 0 unspecified atom stereocenters. The largest absolute Gasteiger partial charge is 0.487 e. The number of aryl methyl sites for hydroxylation is 1. The van der Waals surface area contributed by atoms with E-state index in [1.807, 2.05) is 0 Å². The second-order valence-corrected chi connectivity index (χ2v) is 4.55. The summed E-state index contributed by atoms with van der Waals surface area (Å²) in [5.74, 6) is 0.104. The molecule has 1 heterocycles. The number of halogens is 1. The van der Waals surface area contributed by atoms with Crippen molar-refractivity contribution in [2.75, 3.05) is 20.3 Å². The van der Waals surface area contributed by atoms with E-state index in [2.05, 4.69) is 20.3 Å². The molecular formula is C14H18FN3O3. The maximum Gasteiger partial charge on any atom is 0.145 e. The highest BCUT2D eigenvalue weighted by Crippen LogP contribution is 2.18. The molecule has 7 heteroatoms. The normalized spacial score (nSPS) is 10.8. The van der Waals surface area contributed by atoms with Crippen molar-refractivity contribution in [2.45, 2.75) is 20.1 Å². The molecule has 0 saturated carbocycles. The minimum atomic E-state index is -0.342. The van der Waals surface area contributed by atoms with Crippen LogP contribution in [-0.4, -0.2) is 30.6 Å². The maximum absolute atomic E-state index is 13.6. The summed E-state index contributed by atoms with van der Waals surface area (Å²) in [4.78, 5) is 0. The fourth-order valence-electron chi connectivity index (χ4n) is 1.75. The minimum absolute atomic E-state index is 0.190. The molecule has 114 valence electrons. The van der Waals surface area contributed by atoms with Gasteiger partial charge in [0.2, 0.25) is 0 Å². The summed E-state index contributed by atoms with van der Waals surface area (Å²) in [6, 6.07) is 4.59. The Morgan fingerprint density at radius 1 is 1.29 bits per heavy atom. The van der Waals surface area contributed by atoms with E-state index in [0.29, 0.717) is 36.8 Å². The molecular weight excluding hydrogens is 277 g/mol. The van der Waals surface area contributed by atoms with E-state index < -0.39 is 0 Å². The number of ether oxygens (including phenoxy) is 2. The maximum atomic E-state index is 13.6. The average molecular weight is 295 g/mol. The number of methoxy groups -OCH3 is 1. The Morgan fingerprint density at radius 3 is 2.86 bits per heavy atom. The Hall–Kier alpha value is -1.99. The van der Waals surface area contributed by atoms with Crippen molar-refractivity contribution in [3.8, 4) is 5.75 Å². The third kappa shape index (κ3) is 4.80. The van der Waals surface area contributed by atoms with Gasteiger partial charge in [-0.15, -0.1) is 0 Å². The Morgan fingerprint density at radius 2 is 2.14 bits per heavy atom. The van der Waals surface area contributed by atoms with Crippen LogP contribution in [0.3, 0.4) is 0 Å². The van der Waals surface area contributed by atoms with Crippen LogP contribution < -0.4 is 10.1 Å². The second kappa shape index (κ2) is 7.70. The van der Waals surface area contributed by atoms with Crippen LogP contribution in [0.1, 0.15) is 17.0 Å². The van der Waals surface area contributed by atoms with Crippen LogP contribution in [-0.2, 0) is 17.9 Å². The minimum Gasteiger partial charge on any atom is -0.487 e. The van der Waals surface area contributed by atoms with Crippen molar-refractivity contribution in [3.63, 3.8) is 0 Å². The van der Waals surface area contributed by atoms with Crippen molar-refractivity contribution in [2.24, 2.45) is 0 Å². The van der Waals surface area contributed by atoms with Crippen molar-refractivity contribution in [1.29, 1.82) is 0 Å². The standard InChI is InChI=1S/C14H18FN3O3/c1-10-14(18-21-17-10)9-20-13-6-11(5-12(15)7-13)8-16-3-4-19-2/h5-7,16H,3-4,8-9H2,1-2H3. The lowest BCUT2D eigenvalue weighted by atomic mass is 10.2. The molecule has 1 aromatic carbocycles. The first kappa shape index (κ1) is 15.4. The van der Waals surface area contributed by atoms with Gasteiger partial charge >= 0.3 is 0 Å². The molecule has 21 heavy (non-hydrogen) atoms. The summed E-state index contributed by atoms with van der Waals surface area (Å²) >= 11 is 0. The fraction of sp³-hybridized carbons (Fsp3) is 0.429. The third-order valence-corrected chi connectivity index (χ3v) is 2.87. The first-order chi connectivity index (χ1) is 10.2. The van der Waals surface area contributed by atoms with Crippen LogP contribution >= 0.6 is 0 Å². The first-order valence-electron chi connectivity index (χ1n) is 6.59. The van der Waals surface area contributed by atoms with E-state index >= 15 is 0 Å². The lowest BCUT2D eigenvalue weighted by Crippen LogP contribution is -2.18. The van der Waals surface area contributed by atoms with Gasteiger partial charge in [-0.2, -0.15) is 0 Å². The van der Waals surface area contributed by atoms with Gasteiger partial charge < -0.3 is 14.8 Å². The Labute approximate surface area is 122 Å². The van der Waals surface area contributed by atoms with Gasteiger partial charge in [0.25, 0.3) is 0 Å². The van der Waals surface area contributed by atoms with Gasteiger partial charge in [-0.25, -0.2) is 9.02 Å². The Balaban J connectivity index is 1.93. The van der Waals surface area contributed by atoms with Crippen molar-refractivity contribution < 1.29 is 18.5 Å². The zero-order valence-electron chi connectivity index (χ0n) is 12.1. The molecule has 0 atom stereocenters. The van der Waals surface area contributed by atoms with Gasteiger partial charge in [0.05, 0.1) is 6.61 Å². The Kier molecular flexibility index (Phi) is 5.65. The smallest absolute Gasteiger partial charge is 0.145 e. The van der Waals surface area contributed by atoms with Crippen molar-refractivity contribution in [3.05, 3.63) is 41.0 Å². The summed E-state index contributed by atoms with van der Waals surface area (Å²) in [5, 5.41) is 10.5. The van der Waals surface area contributed by atoms with Crippen LogP contribution in [0.4, 0.5) is 4.39 Å².